The highest BCUT2D eigenvalue weighted by Crippen LogP contribution is 2.46. The molecule has 0 N–H and O–H groups in total. The third kappa shape index (κ3) is 5.49. The number of anilines is 1. The Morgan fingerprint density at radius 3 is 2.07 bits per heavy atom. The SMILES string of the molecule is Cl.O=C1CC2(CCCC2)CC(=O)N1CCCCCN1CCN(c2ncccn2)CC1. The molecule has 1 aromatic rings. The number of imide groups is 1. The van der Waals surface area contributed by atoms with Crippen LogP contribution in [0, 0.1) is 5.41 Å². The number of hydrogen-bond donors (Lipinski definition) is 0. The maximum atomic E-state index is 12.5. The van der Waals surface area contributed by atoms with Gasteiger partial charge in [-0.25, -0.2) is 9.97 Å². The predicted molar refractivity (Wildman–Crippen MR) is 119 cm³/mol. The zero-order valence-electron chi connectivity index (χ0n) is 17.8. The van der Waals surface area contributed by atoms with Gasteiger partial charge in [-0.1, -0.05) is 19.3 Å². The van der Waals surface area contributed by atoms with Crippen LogP contribution in [-0.4, -0.2) is 70.9 Å². The van der Waals surface area contributed by atoms with Gasteiger partial charge in [0.05, 0.1) is 0 Å². The molecule has 0 radical (unpaired) electrons. The molecule has 2 aliphatic heterocycles. The van der Waals surface area contributed by atoms with Crippen LogP contribution in [0.2, 0.25) is 0 Å². The largest absolute Gasteiger partial charge is 0.338 e. The van der Waals surface area contributed by atoms with Crippen molar-refractivity contribution in [2.24, 2.45) is 5.41 Å². The minimum absolute atomic E-state index is 0. The normalized spacial score (nSPS) is 21.9. The first kappa shape index (κ1) is 22.9. The summed E-state index contributed by atoms with van der Waals surface area (Å²) < 4.78 is 0. The van der Waals surface area contributed by atoms with E-state index < -0.39 is 0 Å². The molecule has 0 bridgehead atoms. The van der Waals surface area contributed by atoms with Crippen LogP contribution in [0.15, 0.2) is 18.5 Å². The van der Waals surface area contributed by atoms with Gasteiger partial charge in [0.1, 0.15) is 0 Å². The van der Waals surface area contributed by atoms with Crippen molar-refractivity contribution in [3.8, 4) is 0 Å². The summed E-state index contributed by atoms with van der Waals surface area (Å²) in [5.41, 5.74) is 0.0115. The Morgan fingerprint density at radius 1 is 0.833 bits per heavy atom. The number of piperidine rings is 1. The van der Waals surface area contributed by atoms with Gasteiger partial charge >= 0.3 is 0 Å². The van der Waals surface area contributed by atoms with E-state index in [9.17, 15) is 9.59 Å². The first-order chi connectivity index (χ1) is 14.2. The van der Waals surface area contributed by atoms with E-state index in [4.69, 9.17) is 0 Å². The molecule has 0 unspecified atom stereocenters. The first-order valence-electron chi connectivity index (χ1n) is 11.2. The Morgan fingerprint density at radius 2 is 1.43 bits per heavy atom. The lowest BCUT2D eigenvalue weighted by atomic mass is 9.76. The molecule has 1 saturated carbocycles. The van der Waals surface area contributed by atoms with E-state index in [0.29, 0.717) is 19.4 Å². The summed E-state index contributed by atoms with van der Waals surface area (Å²) in [6.07, 6.45) is 12.3. The molecule has 3 aliphatic rings. The molecule has 166 valence electrons. The average molecular weight is 436 g/mol. The summed E-state index contributed by atoms with van der Waals surface area (Å²) in [6, 6.07) is 1.84. The van der Waals surface area contributed by atoms with Gasteiger partial charge in [0.15, 0.2) is 0 Å². The van der Waals surface area contributed by atoms with E-state index in [1.54, 1.807) is 17.3 Å². The molecule has 30 heavy (non-hydrogen) atoms. The summed E-state index contributed by atoms with van der Waals surface area (Å²) in [4.78, 5) is 39.9. The topological polar surface area (TPSA) is 69.6 Å². The third-order valence-electron chi connectivity index (χ3n) is 6.88. The van der Waals surface area contributed by atoms with E-state index in [1.165, 1.54) is 12.8 Å². The lowest BCUT2D eigenvalue weighted by Gasteiger charge is -2.37. The third-order valence-corrected chi connectivity index (χ3v) is 6.88. The Hall–Kier alpha value is -1.73. The standard InChI is InChI=1S/C22H33N5O2.ClH/c28-19-17-22(7-2-3-8-22)18-20(29)27(19)12-5-1-4-11-25-13-15-26(16-14-25)21-23-9-6-10-24-21;/h6,9-10H,1-5,7-8,11-18H2;1H. The van der Waals surface area contributed by atoms with Crippen LogP contribution in [0.1, 0.15) is 57.8 Å². The average Bonchev–Trinajstić information content (AvgIpc) is 3.18. The molecule has 2 amide bonds. The molecule has 1 spiro atoms. The van der Waals surface area contributed by atoms with Crippen molar-refractivity contribution < 1.29 is 9.59 Å². The second kappa shape index (κ2) is 10.5. The van der Waals surface area contributed by atoms with Gasteiger partial charge in [-0.05, 0) is 43.7 Å². The monoisotopic (exact) mass is 435 g/mol. The van der Waals surface area contributed by atoms with E-state index in [1.807, 2.05) is 6.07 Å². The van der Waals surface area contributed by atoms with Gasteiger partial charge in [-0.3, -0.25) is 19.4 Å². The van der Waals surface area contributed by atoms with Crippen LogP contribution in [0.3, 0.4) is 0 Å². The molecular formula is C22H34ClN5O2. The van der Waals surface area contributed by atoms with Crippen molar-refractivity contribution in [1.82, 2.24) is 19.8 Å². The van der Waals surface area contributed by atoms with E-state index >= 15 is 0 Å². The highest BCUT2D eigenvalue weighted by Gasteiger charge is 2.44. The number of nitrogens with zero attached hydrogens (tertiary/aromatic N) is 5. The second-order valence-electron chi connectivity index (χ2n) is 8.94. The number of carbonyl (C=O) groups excluding carboxylic acids is 2. The Balaban J connectivity index is 0.00000256. The number of rotatable bonds is 7. The summed E-state index contributed by atoms with van der Waals surface area (Å²) in [5.74, 6) is 0.965. The number of likely N-dealkylation sites (tertiary alicyclic amines) is 1. The number of halogens is 1. The maximum Gasteiger partial charge on any atom is 0.229 e. The van der Waals surface area contributed by atoms with Crippen molar-refractivity contribution in [2.75, 3.05) is 44.2 Å². The Bertz CT molecular complexity index is 683. The zero-order valence-corrected chi connectivity index (χ0v) is 18.6. The van der Waals surface area contributed by atoms with E-state index in [-0.39, 0.29) is 29.6 Å². The maximum absolute atomic E-state index is 12.5. The number of unbranched alkanes of at least 4 members (excludes halogenated alkanes) is 2. The molecule has 1 aliphatic carbocycles. The quantitative estimate of drug-likeness (QED) is 0.484. The Labute approximate surface area is 185 Å². The van der Waals surface area contributed by atoms with Crippen LogP contribution in [0.5, 0.6) is 0 Å². The van der Waals surface area contributed by atoms with Crippen molar-refractivity contribution in [1.29, 1.82) is 0 Å². The van der Waals surface area contributed by atoms with Crippen molar-refractivity contribution in [2.45, 2.75) is 57.8 Å². The minimum atomic E-state index is 0. The lowest BCUT2D eigenvalue weighted by molar-refractivity contribution is -0.153. The van der Waals surface area contributed by atoms with Crippen molar-refractivity contribution >= 4 is 30.2 Å². The number of amides is 2. The fourth-order valence-corrected chi connectivity index (χ4v) is 5.17. The van der Waals surface area contributed by atoms with Crippen molar-refractivity contribution in [3.05, 3.63) is 18.5 Å². The second-order valence-corrected chi connectivity index (χ2v) is 8.94. The van der Waals surface area contributed by atoms with E-state index in [0.717, 1.165) is 70.8 Å². The van der Waals surface area contributed by atoms with E-state index in [2.05, 4.69) is 19.8 Å². The minimum Gasteiger partial charge on any atom is -0.338 e. The predicted octanol–water partition coefficient (Wildman–Crippen LogP) is 2.90. The van der Waals surface area contributed by atoms with Crippen LogP contribution in [-0.2, 0) is 9.59 Å². The van der Waals surface area contributed by atoms with Gasteiger partial charge < -0.3 is 4.90 Å². The van der Waals surface area contributed by atoms with Gasteiger partial charge in [0.2, 0.25) is 17.8 Å². The highest BCUT2D eigenvalue weighted by molar-refractivity contribution is 5.98. The van der Waals surface area contributed by atoms with Crippen LogP contribution < -0.4 is 4.90 Å². The first-order valence-corrected chi connectivity index (χ1v) is 11.2. The number of aromatic nitrogens is 2. The number of piperazine rings is 1. The fourth-order valence-electron chi connectivity index (χ4n) is 5.17. The van der Waals surface area contributed by atoms with Crippen LogP contribution >= 0.6 is 12.4 Å². The molecule has 7 nitrogen and oxygen atoms in total. The smallest absolute Gasteiger partial charge is 0.229 e. The summed E-state index contributed by atoms with van der Waals surface area (Å²) in [7, 11) is 0. The summed E-state index contributed by atoms with van der Waals surface area (Å²) in [6.45, 7) is 5.67. The zero-order chi connectivity index (χ0) is 20.1. The van der Waals surface area contributed by atoms with Crippen LogP contribution in [0.25, 0.3) is 0 Å². The molecule has 2 saturated heterocycles. The highest BCUT2D eigenvalue weighted by atomic mass is 35.5. The molecule has 0 aromatic carbocycles. The molecule has 3 fully saturated rings. The molecule has 3 heterocycles. The number of hydrogen-bond acceptors (Lipinski definition) is 6. The molecule has 1 aromatic heterocycles. The van der Waals surface area contributed by atoms with Crippen molar-refractivity contribution in [3.63, 3.8) is 0 Å². The summed E-state index contributed by atoms with van der Waals surface area (Å²) >= 11 is 0. The van der Waals surface area contributed by atoms with Gasteiger partial charge in [-0.2, -0.15) is 0 Å². The van der Waals surface area contributed by atoms with Gasteiger partial charge in [0, 0.05) is 58.0 Å². The fraction of sp³-hybridized carbons (Fsp3) is 0.727. The van der Waals surface area contributed by atoms with Crippen LogP contribution in [0.4, 0.5) is 5.95 Å². The summed E-state index contributed by atoms with van der Waals surface area (Å²) in [5, 5.41) is 0. The number of carbonyl (C=O) groups is 2. The van der Waals surface area contributed by atoms with Gasteiger partial charge in [0.25, 0.3) is 0 Å². The molecular weight excluding hydrogens is 402 g/mol. The molecule has 4 rings (SSSR count). The molecule has 8 heteroatoms. The lowest BCUT2D eigenvalue weighted by Crippen LogP contribution is -2.47. The molecule has 0 atom stereocenters. The Kier molecular flexibility index (Phi) is 8.06. The van der Waals surface area contributed by atoms with Gasteiger partial charge in [-0.15, -0.1) is 12.4 Å².